The number of thioether (sulfide) groups is 1. The van der Waals surface area contributed by atoms with Crippen molar-refractivity contribution in [1.82, 2.24) is 0 Å². The summed E-state index contributed by atoms with van der Waals surface area (Å²) in [6.07, 6.45) is 19.6. The first-order valence-electron chi connectivity index (χ1n) is 12.6. The van der Waals surface area contributed by atoms with Crippen LogP contribution in [0.4, 0.5) is 0 Å². The van der Waals surface area contributed by atoms with Crippen LogP contribution in [0.5, 0.6) is 0 Å². The molecule has 4 fully saturated rings. The molecule has 0 aromatic carbocycles. The van der Waals surface area contributed by atoms with Gasteiger partial charge in [-0.05, 0) is 129 Å². The van der Waals surface area contributed by atoms with E-state index >= 15 is 0 Å². The molecule has 0 saturated heterocycles. The van der Waals surface area contributed by atoms with Crippen molar-refractivity contribution in [2.24, 2.45) is 46.3 Å². The minimum absolute atomic E-state index is 0.605. The molecule has 0 N–H and O–H groups in total. The number of ether oxygens (including phenoxy) is 1. The molecule has 4 aliphatic rings. The molecule has 8 atom stereocenters. The molecule has 0 aromatic heterocycles. The standard InChI is InChI=1S/C26H44OS2/c1-18(8-7-17-27-24(28)29-4)21-12-13-22-20-11-10-19-9-5-6-15-25(19,2)23(20)14-16-26(21,22)3/h18-23H,5-17H2,1-4H3/t18-,19+,20+,21-,22+,23+,25+,26-/m1/s1. The van der Waals surface area contributed by atoms with Crippen molar-refractivity contribution in [2.45, 2.75) is 97.8 Å². The molecule has 29 heavy (non-hydrogen) atoms. The number of hydrogen-bond acceptors (Lipinski definition) is 3. The molecule has 0 heterocycles. The fraction of sp³-hybridized carbons (Fsp3) is 0.962. The van der Waals surface area contributed by atoms with E-state index in [0.717, 1.165) is 48.5 Å². The number of rotatable bonds is 5. The first kappa shape index (κ1) is 22.4. The van der Waals surface area contributed by atoms with Crippen LogP contribution in [0.25, 0.3) is 0 Å². The monoisotopic (exact) mass is 436 g/mol. The molecule has 3 heteroatoms. The van der Waals surface area contributed by atoms with E-state index in [1.807, 2.05) is 6.26 Å². The van der Waals surface area contributed by atoms with Crippen LogP contribution in [0, 0.1) is 46.3 Å². The van der Waals surface area contributed by atoms with Crippen LogP contribution in [-0.2, 0) is 4.74 Å². The van der Waals surface area contributed by atoms with Crippen LogP contribution >= 0.6 is 24.0 Å². The van der Waals surface area contributed by atoms with Gasteiger partial charge in [0.25, 0.3) is 0 Å². The maximum atomic E-state index is 5.66. The SMILES string of the molecule is CSC(=S)OCCC[C@@H](C)[C@H]1CC[C@H]2[C@@H]3CC[C@@H]4CCCC[C@]4(C)[C@H]3CC[C@]12C. The van der Waals surface area contributed by atoms with Gasteiger partial charge in [0.05, 0.1) is 6.61 Å². The van der Waals surface area contributed by atoms with E-state index in [9.17, 15) is 0 Å². The lowest BCUT2D eigenvalue weighted by Gasteiger charge is -2.61. The van der Waals surface area contributed by atoms with Gasteiger partial charge in [-0.1, -0.05) is 45.4 Å². The van der Waals surface area contributed by atoms with Crippen molar-refractivity contribution >= 4 is 28.4 Å². The second kappa shape index (κ2) is 9.00. The van der Waals surface area contributed by atoms with Gasteiger partial charge in [-0.25, -0.2) is 0 Å². The Morgan fingerprint density at radius 3 is 2.59 bits per heavy atom. The highest BCUT2D eigenvalue weighted by atomic mass is 32.2. The van der Waals surface area contributed by atoms with Crippen molar-refractivity contribution in [2.75, 3.05) is 12.9 Å². The molecular formula is C26H44OS2. The molecule has 1 nitrogen and oxygen atoms in total. The summed E-state index contributed by atoms with van der Waals surface area (Å²) in [5.41, 5.74) is 1.28. The Kier molecular flexibility index (Phi) is 6.97. The predicted molar refractivity (Wildman–Crippen MR) is 130 cm³/mol. The lowest BCUT2D eigenvalue weighted by Crippen LogP contribution is -2.53. The smallest absolute Gasteiger partial charge is 0.219 e. The zero-order chi connectivity index (χ0) is 20.6. The fourth-order valence-electron chi connectivity index (χ4n) is 9.09. The maximum absolute atomic E-state index is 5.66. The van der Waals surface area contributed by atoms with Crippen LogP contribution in [0.3, 0.4) is 0 Å². The van der Waals surface area contributed by atoms with Crippen LogP contribution in [0.15, 0.2) is 0 Å². The van der Waals surface area contributed by atoms with Gasteiger partial charge in [0.2, 0.25) is 4.38 Å². The van der Waals surface area contributed by atoms with Crippen molar-refractivity contribution in [1.29, 1.82) is 0 Å². The molecule has 0 bridgehead atoms. The van der Waals surface area contributed by atoms with E-state index in [1.54, 1.807) is 18.2 Å². The second-order valence-corrected chi connectivity index (χ2v) is 13.0. The van der Waals surface area contributed by atoms with E-state index in [0.29, 0.717) is 15.2 Å². The van der Waals surface area contributed by atoms with Crippen LogP contribution < -0.4 is 0 Å². The van der Waals surface area contributed by atoms with E-state index in [-0.39, 0.29) is 0 Å². The quantitative estimate of drug-likeness (QED) is 0.318. The number of fused-ring (bicyclic) bond motifs is 5. The summed E-state index contributed by atoms with van der Waals surface area (Å²) in [4.78, 5) is 0. The summed E-state index contributed by atoms with van der Waals surface area (Å²) in [5.74, 6) is 5.88. The van der Waals surface area contributed by atoms with Crippen LogP contribution in [0.1, 0.15) is 97.8 Å². The van der Waals surface area contributed by atoms with Crippen LogP contribution in [0.2, 0.25) is 0 Å². The fourth-order valence-corrected chi connectivity index (χ4v) is 9.38. The van der Waals surface area contributed by atoms with E-state index in [1.165, 1.54) is 64.2 Å². The van der Waals surface area contributed by atoms with Crippen molar-refractivity contribution in [3.8, 4) is 0 Å². The van der Waals surface area contributed by atoms with Gasteiger partial charge >= 0.3 is 0 Å². The summed E-state index contributed by atoms with van der Waals surface area (Å²) < 4.78 is 6.37. The minimum Gasteiger partial charge on any atom is -0.479 e. The van der Waals surface area contributed by atoms with E-state index in [4.69, 9.17) is 17.0 Å². The highest BCUT2D eigenvalue weighted by Gasteiger charge is 2.59. The first-order chi connectivity index (χ1) is 13.9. The normalized spacial score (nSPS) is 45.0. The zero-order valence-electron chi connectivity index (χ0n) is 19.4. The third-order valence-electron chi connectivity index (χ3n) is 10.5. The molecule has 4 rings (SSSR count). The predicted octanol–water partition coefficient (Wildman–Crippen LogP) is 8.12. The Morgan fingerprint density at radius 2 is 1.79 bits per heavy atom. The largest absolute Gasteiger partial charge is 0.479 e. The van der Waals surface area contributed by atoms with Gasteiger partial charge < -0.3 is 4.74 Å². The molecule has 4 saturated carbocycles. The average molecular weight is 437 g/mol. The Bertz CT molecular complexity index is 591. The molecule has 0 radical (unpaired) electrons. The van der Waals surface area contributed by atoms with E-state index in [2.05, 4.69) is 20.8 Å². The lowest BCUT2D eigenvalue weighted by atomic mass is 9.44. The molecular weight excluding hydrogens is 392 g/mol. The first-order valence-corrected chi connectivity index (χ1v) is 14.2. The van der Waals surface area contributed by atoms with Gasteiger partial charge in [0, 0.05) is 0 Å². The summed E-state index contributed by atoms with van der Waals surface area (Å²) >= 11 is 6.73. The Hall–Kier alpha value is 0.240. The lowest BCUT2D eigenvalue weighted by molar-refractivity contribution is -0.114. The second-order valence-electron chi connectivity index (χ2n) is 11.6. The van der Waals surface area contributed by atoms with Crippen molar-refractivity contribution in [3.05, 3.63) is 0 Å². The topological polar surface area (TPSA) is 9.23 Å². The van der Waals surface area contributed by atoms with Gasteiger partial charge in [0.1, 0.15) is 0 Å². The zero-order valence-corrected chi connectivity index (χ0v) is 21.0. The molecule has 0 aromatic rings. The molecule has 0 aliphatic heterocycles. The Morgan fingerprint density at radius 1 is 1.00 bits per heavy atom. The van der Waals surface area contributed by atoms with Gasteiger partial charge in [-0.3, -0.25) is 0 Å². The molecule has 0 spiro atoms. The molecule has 0 amide bonds. The summed E-state index contributed by atoms with van der Waals surface area (Å²) in [6.45, 7) is 8.76. The third-order valence-corrected chi connectivity index (χ3v) is 11.6. The summed E-state index contributed by atoms with van der Waals surface area (Å²) in [5, 5.41) is 0. The van der Waals surface area contributed by atoms with Crippen molar-refractivity contribution < 1.29 is 4.74 Å². The minimum atomic E-state index is 0.605. The average Bonchev–Trinajstić information content (AvgIpc) is 3.07. The Balaban J connectivity index is 1.39. The van der Waals surface area contributed by atoms with Gasteiger partial charge in [0.15, 0.2) is 0 Å². The highest BCUT2D eigenvalue weighted by Crippen LogP contribution is 2.68. The molecule has 0 unspecified atom stereocenters. The van der Waals surface area contributed by atoms with Crippen LogP contribution in [-0.4, -0.2) is 17.2 Å². The highest BCUT2D eigenvalue weighted by molar-refractivity contribution is 8.22. The number of thiocarbonyl (C=S) groups is 1. The molecule has 166 valence electrons. The summed E-state index contributed by atoms with van der Waals surface area (Å²) in [6, 6.07) is 0. The maximum Gasteiger partial charge on any atom is 0.219 e. The van der Waals surface area contributed by atoms with Gasteiger partial charge in [-0.2, -0.15) is 0 Å². The van der Waals surface area contributed by atoms with Crippen molar-refractivity contribution in [3.63, 3.8) is 0 Å². The summed E-state index contributed by atoms with van der Waals surface area (Å²) in [7, 11) is 0. The third kappa shape index (κ3) is 4.06. The molecule has 4 aliphatic carbocycles. The van der Waals surface area contributed by atoms with Gasteiger partial charge in [-0.15, -0.1) is 0 Å². The Labute approximate surface area is 189 Å². The van der Waals surface area contributed by atoms with E-state index < -0.39 is 0 Å². The number of hydrogen-bond donors (Lipinski definition) is 0.